The number of rotatable bonds is 8. The van der Waals surface area contributed by atoms with Crippen LogP contribution in [0.15, 0.2) is 72.8 Å². The Morgan fingerprint density at radius 3 is 1.97 bits per heavy atom. The topological polar surface area (TPSA) is 46.6 Å². The van der Waals surface area contributed by atoms with Gasteiger partial charge in [-0.1, -0.05) is 32.9 Å². The van der Waals surface area contributed by atoms with Crippen molar-refractivity contribution in [2.75, 3.05) is 4.90 Å². The van der Waals surface area contributed by atoms with Gasteiger partial charge in [0.25, 0.3) is 0 Å². The SMILES string of the molecule is CC(C)(C)[Si](C)(C)Oc1ccc([C@@H]2[C@@H](CCC(=O)c3ccc(F)cc3)C(=O)N2c2ccc(F)cc2)cc1. The van der Waals surface area contributed by atoms with Crippen LogP contribution in [0.4, 0.5) is 14.5 Å². The number of carbonyl (C=O) groups excluding carboxylic acids is 2. The van der Waals surface area contributed by atoms with Crippen LogP contribution in [0.25, 0.3) is 0 Å². The maximum absolute atomic E-state index is 13.6. The standard InChI is InChI=1S/C30H33F2NO3Si/c1-30(2,3)37(4,5)36-25-16-8-21(9-17-25)28-26(18-19-27(34)20-6-10-22(31)11-7-20)29(35)33(28)24-14-12-23(32)13-15-24/h6-17,26,28H,18-19H2,1-5H3/t26-,28-/m1/s1. The molecule has 37 heavy (non-hydrogen) atoms. The Morgan fingerprint density at radius 2 is 1.43 bits per heavy atom. The highest BCUT2D eigenvalue weighted by Crippen LogP contribution is 2.46. The van der Waals surface area contributed by atoms with Gasteiger partial charge in [-0.15, -0.1) is 0 Å². The summed E-state index contributed by atoms with van der Waals surface area (Å²) in [5.74, 6) is -0.627. The number of anilines is 1. The number of hydrogen-bond acceptors (Lipinski definition) is 3. The van der Waals surface area contributed by atoms with Crippen molar-refractivity contribution in [3.8, 4) is 5.75 Å². The van der Waals surface area contributed by atoms with E-state index in [2.05, 4.69) is 33.9 Å². The lowest BCUT2D eigenvalue weighted by molar-refractivity contribution is -0.130. The molecule has 3 aromatic rings. The molecule has 0 N–H and O–H groups in total. The first kappa shape index (κ1) is 26.7. The van der Waals surface area contributed by atoms with E-state index in [4.69, 9.17) is 4.43 Å². The van der Waals surface area contributed by atoms with E-state index in [0.29, 0.717) is 17.7 Å². The summed E-state index contributed by atoms with van der Waals surface area (Å²) in [6, 6.07) is 18.8. The summed E-state index contributed by atoms with van der Waals surface area (Å²) in [4.78, 5) is 27.6. The van der Waals surface area contributed by atoms with Crippen LogP contribution < -0.4 is 9.33 Å². The van der Waals surface area contributed by atoms with Gasteiger partial charge in [0.15, 0.2) is 5.78 Å². The molecule has 7 heteroatoms. The Balaban J connectivity index is 1.56. The van der Waals surface area contributed by atoms with Crippen molar-refractivity contribution in [2.45, 2.75) is 57.8 Å². The molecule has 3 aromatic carbocycles. The third-order valence-electron chi connectivity index (χ3n) is 7.57. The van der Waals surface area contributed by atoms with Crippen molar-refractivity contribution < 1.29 is 22.8 Å². The molecule has 4 nitrogen and oxygen atoms in total. The fourth-order valence-electron chi connectivity index (χ4n) is 4.35. The summed E-state index contributed by atoms with van der Waals surface area (Å²) < 4.78 is 33.2. The lowest BCUT2D eigenvalue weighted by Crippen LogP contribution is -2.55. The van der Waals surface area contributed by atoms with Crippen LogP contribution in [0.2, 0.25) is 18.1 Å². The first-order chi connectivity index (χ1) is 17.4. The van der Waals surface area contributed by atoms with E-state index in [1.165, 1.54) is 36.4 Å². The van der Waals surface area contributed by atoms with Crippen LogP contribution in [0, 0.1) is 17.6 Å². The summed E-state index contributed by atoms with van der Waals surface area (Å²) in [5.41, 5.74) is 1.96. The van der Waals surface area contributed by atoms with E-state index in [-0.39, 0.29) is 35.0 Å². The van der Waals surface area contributed by atoms with Gasteiger partial charge in [-0.25, -0.2) is 8.78 Å². The molecule has 0 radical (unpaired) electrons. The largest absolute Gasteiger partial charge is 0.544 e. The minimum atomic E-state index is -2.00. The predicted molar refractivity (Wildman–Crippen MR) is 144 cm³/mol. The fourth-order valence-corrected chi connectivity index (χ4v) is 5.38. The van der Waals surface area contributed by atoms with E-state index in [1.807, 2.05) is 24.3 Å². The molecule has 1 heterocycles. The zero-order valence-corrected chi connectivity index (χ0v) is 22.9. The Hall–Kier alpha value is -3.32. The van der Waals surface area contributed by atoms with E-state index in [9.17, 15) is 18.4 Å². The minimum Gasteiger partial charge on any atom is -0.544 e. The van der Waals surface area contributed by atoms with Gasteiger partial charge in [0.05, 0.1) is 12.0 Å². The van der Waals surface area contributed by atoms with Crippen molar-refractivity contribution in [3.05, 3.63) is 95.6 Å². The number of nitrogens with zero attached hydrogens (tertiary/aromatic N) is 1. The number of hydrogen-bond donors (Lipinski definition) is 0. The molecule has 0 bridgehead atoms. The van der Waals surface area contributed by atoms with Gasteiger partial charge >= 0.3 is 0 Å². The number of halogens is 2. The number of β-lactam (4-membered cyclic amide) rings is 1. The smallest absolute Gasteiger partial charge is 0.250 e. The van der Waals surface area contributed by atoms with E-state index in [0.717, 1.165) is 11.3 Å². The average molecular weight is 522 g/mol. The molecule has 0 unspecified atom stereocenters. The molecular formula is C30H33F2NO3Si. The molecule has 0 saturated carbocycles. The molecule has 1 amide bonds. The Kier molecular flexibility index (Phi) is 7.37. The maximum atomic E-state index is 13.6. The Labute approximate surface area is 218 Å². The lowest BCUT2D eigenvalue weighted by Gasteiger charge is -2.47. The van der Waals surface area contributed by atoms with Gasteiger partial charge in [-0.05, 0) is 90.8 Å². The summed E-state index contributed by atoms with van der Waals surface area (Å²) in [6.07, 6.45) is 0.530. The summed E-state index contributed by atoms with van der Waals surface area (Å²) in [7, 11) is -2.00. The fraction of sp³-hybridized carbons (Fsp3) is 0.333. The number of Topliss-reactive ketones (excluding diaryl/α,β-unsaturated/α-hetero) is 1. The highest BCUT2D eigenvalue weighted by molar-refractivity contribution is 6.74. The van der Waals surface area contributed by atoms with Crippen LogP contribution in [0.3, 0.4) is 0 Å². The van der Waals surface area contributed by atoms with Gasteiger partial charge in [0.2, 0.25) is 14.2 Å². The van der Waals surface area contributed by atoms with Crippen LogP contribution >= 0.6 is 0 Å². The molecule has 1 aliphatic heterocycles. The van der Waals surface area contributed by atoms with E-state index < -0.39 is 20.1 Å². The molecule has 1 aliphatic rings. The lowest BCUT2D eigenvalue weighted by atomic mass is 9.78. The second kappa shape index (κ2) is 10.2. The molecule has 4 rings (SSSR count). The van der Waals surface area contributed by atoms with Crippen molar-refractivity contribution in [3.63, 3.8) is 0 Å². The summed E-state index contributed by atoms with van der Waals surface area (Å²) in [6.45, 7) is 10.9. The van der Waals surface area contributed by atoms with E-state index in [1.54, 1.807) is 17.0 Å². The second-order valence-electron chi connectivity index (χ2n) is 11.1. The first-order valence-corrected chi connectivity index (χ1v) is 15.4. The van der Waals surface area contributed by atoms with Gasteiger partial charge in [0, 0.05) is 17.7 Å². The van der Waals surface area contributed by atoms with Crippen LogP contribution in [-0.2, 0) is 4.79 Å². The summed E-state index contributed by atoms with van der Waals surface area (Å²) in [5, 5.41) is 0.0631. The number of benzene rings is 3. The van der Waals surface area contributed by atoms with Gasteiger partial charge in [-0.2, -0.15) is 0 Å². The van der Waals surface area contributed by atoms with Crippen LogP contribution in [0.1, 0.15) is 55.6 Å². The minimum absolute atomic E-state index is 0.0631. The zero-order valence-electron chi connectivity index (χ0n) is 21.9. The van der Waals surface area contributed by atoms with E-state index >= 15 is 0 Å². The normalized spacial score (nSPS) is 17.9. The molecule has 2 atom stereocenters. The highest BCUT2D eigenvalue weighted by Gasteiger charge is 2.48. The summed E-state index contributed by atoms with van der Waals surface area (Å²) >= 11 is 0. The van der Waals surface area contributed by atoms with Gasteiger partial charge in [-0.3, -0.25) is 9.59 Å². The molecule has 1 saturated heterocycles. The van der Waals surface area contributed by atoms with Crippen molar-refractivity contribution in [2.24, 2.45) is 5.92 Å². The molecule has 0 aliphatic carbocycles. The second-order valence-corrected chi connectivity index (χ2v) is 15.9. The quantitative estimate of drug-likeness (QED) is 0.173. The Morgan fingerprint density at radius 1 is 0.892 bits per heavy atom. The maximum Gasteiger partial charge on any atom is 0.250 e. The van der Waals surface area contributed by atoms with Crippen molar-refractivity contribution in [1.82, 2.24) is 0 Å². The number of carbonyl (C=O) groups is 2. The number of ketones is 1. The average Bonchev–Trinajstić information content (AvgIpc) is 2.84. The Bertz CT molecular complexity index is 1270. The highest BCUT2D eigenvalue weighted by atomic mass is 28.4. The molecule has 0 aromatic heterocycles. The van der Waals surface area contributed by atoms with Gasteiger partial charge < -0.3 is 9.33 Å². The van der Waals surface area contributed by atoms with Crippen LogP contribution in [0.5, 0.6) is 5.75 Å². The third kappa shape index (κ3) is 5.67. The van der Waals surface area contributed by atoms with Gasteiger partial charge in [0.1, 0.15) is 17.4 Å². The molecular weight excluding hydrogens is 488 g/mol. The van der Waals surface area contributed by atoms with Crippen molar-refractivity contribution >= 4 is 25.7 Å². The third-order valence-corrected chi connectivity index (χ3v) is 11.9. The molecule has 0 spiro atoms. The first-order valence-electron chi connectivity index (χ1n) is 12.5. The predicted octanol–water partition coefficient (Wildman–Crippen LogP) is 7.72. The monoisotopic (exact) mass is 521 g/mol. The number of amides is 1. The molecule has 1 fully saturated rings. The zero-order chi connectivity index (χ0) is 27.0. The van der Waals surface area contributed by atoms with Crippen LogP contribution in [-0.4, -0.2) is 20.0 Å². The molecule has 194 valence electrons. The van der Waals surface area contributed by atoms with Crippen molar-refractivity contribution in [1.29, 1.82) is 0 Å².